The summed E-state index contributed by atoms with van der Waals surface area (Å²) in [7, 11) is 0. The van der Waals surface area contributed by atoms with Gasteiger partial charge >= 0.3 is 0 Å². The third-order valence-electron chi connectivity index (χ3n) is 3.51. The second kappa shape index (κ2) is 5.33. The number of pyridine rings is 1. The number of nitrogen functional groups attached to an aromatic ring is 1. The first-order valence-electron chi connectivity index (χ1n) is 6.79. The van der Waals surface area contributed by atoms with Gasteiger partial charge in [0.25, 0.3) is 5.91 Å². The van der Waals surface area contributed by atoms with E-state index in [0.717, 1.165) is 18.4 Å². The zero-order valence-electron chi connectivity index (χ0n) is 11.2. The van der Waals surface area contributed by atoms with Crippen LogP contribution in [0.1, 0.15) is 28.8 Å². The van der Waals surface area contributed by atoms with Gasteiger partial charge < -0.3 is 10.6 Å². The Bertz CT molecular complexity index is 591. The van der Waals surface area contributed by atoms with Crippen LogP contribution >= 0.6 is 0 Å². The van der Waals surface area contributed by atoms with Gasteiger partial charge in [-0.05, 0) is 54.8 Å². The highest BCUT2D eigenvalue weighted by atomic mass is 16.2. The second-order valence-corrected chi connectivity index (χ2v) is 5.14. The Morgan fingerprint density at radius 2 is 1.80 bits per heavy atom. The maximum atomic E-state index is 12.6. The van der Waals surface area contributed by atoms with Gasteiger partial charge in [0, 0.05) is 36.2 Å². The molecule has 0 radical (unpaired) electrons. The van der Waals surface area contributed by atoms with E-state index in [1.54, 1.807) is 36.7 Å². The lowest BCUT2D eigenvalue weighted by atomic mass is 10.1. The molecular weight excluding hydrogens is 250 g/mol. The smallest absolute Gasteiger partial charge is 0.254 e. The van der Waals surface area contributed by atoms with Crippen molar-refractivity contribution in [1.82, 2.24) is 9.88 Å². The molecule has 1 saturated carbocycles. The third kappa shape index (κ3) is 2.79. The molecule has 4 nitrogen and oxygen atoms in total. The van der Waals surface area contributed by atoms with Crippen LogP contribution in [-0.4, -0.2) is 21.8 Å². The molecular formula is C16H17N3O. The standard InChI is InChI=1S/C16H17N3O/c17-14-3-1-13(2-4-14)16(20)19(15-5-6-15)11-12-7-9-18-10-8-12/h1-4,7-10,15H,5-6,11,17H2. The number of carbonyl (C=O) groups excluding carboxylic acids is 1. The van der Waals surface area contributed by atoms with Crippen molar-refractivity contribution in [3.63, 3.8) is 0 Å². The molecule has 1 amide bonds. The summed E-state index contributed by atoms with van der Waals surface area (Å²) in [5.74, 6) is 0.0734. The van der Waals surface area contributed by atoms with Crippen molar-refractivity contribution in [1.29, 1.82) is 0 Å². The molecule has 1 aromatic heterocycles. The molecule has 0 aliphatic heterocycles. The van der Waals surface area contributed by atoms with Crippen LogP contribution in [0.5, 0.6) is 0 Å². The predicted molar refractivity (Wildman–Crippen MR) is 78.0 cm³/mol. The molecule has 1 aliphatic rings. The molecule has 1 aromatic carbocycles. The summed E-state index contributed by atoms with van der Waals surface area (Å²) in [4.78, 5) is 18.6. The van der Waals surface area contributed by atoms with Gasteiger partial charge in [-0.2, -0.15) is 0 Å². The van der Waals surface area contributed by atoms with Crippen LogP contribution in [-0.2, 0) is 6.54 Å². The zero-order valence-corrected chi connectivity index (χ0v) is 11.2. The normalized spacial score (nSPS) is 14.0. The fourth-order valence-corrected chi connectivity index (χ4v) is 2.23. The first-order chi connectivity index (χ1) is 9.74. The SMILES string of the molecule is Nc1ccc(C(=O)N(Cc2ccncc2)C2CC2)cc1. The van der Waals surface area contributed by atoms with Gasteiger partial charge in [-0.15, -0.1) is 0 Å². The van der Waals surface area contributed by atoms with Gasteiger partial charge in [0.05, 0.1) is 0 Å². The molecule has 3 rings (SSSR count). The number of rotatable bonds is 4. The largest absolute Gasteiger partial charge is 0.399 e. The third-order valence-corrected chi connectivity index (χ3v) is 3.51. The van der Waals surface area contributed by atoms with E-state index in [0.29, 0.717) is 23.8 Å². The van der Waals surface area contributed by atoms with E-state index in [1.165, 1.54) is 0 Å². The maximum Gasteiger partial charge on any atom is 0.254 e. The van der Waals surface area contributed by atoms with Gasteiger partial charge in [0.1, 0.15) is 0 Å². The van der Waals surface area contributed by atoms with E-state index in [1.807, 2.05) is 17.0 Å². The first kappa shape index (κ1) is 12.7. The lowest BCUT2D eigenvalue weighted by molar-refractivity contribution is 0.0730. The number of aromatic nitrogens is 1. The number of hydrogen-bond acceptors (Lipinski definition) is 3. The Morgan fingerprint density at radius 1 is 1.15 bits per heavy atom. The van der Waals surface area contributed by atoms with Crippen LogP contribution in [0.4, 0.5) is 5.69 Å². The summed E-state index contributed by atoms with van der Waals surface area (Å²) in [6.07, 6.45) is 5.69. The average Bonchev–Trinajstić information content (AvgIpc) is 3.30. The molecule has 20 heavy (non-hydrogen) atoms. The lowest BCUT2D eigenvalue weighted by Crippen LogP contribution is -2.32. The number of amides is 1. The molecule has 2 aromatic rings. The first-order valence-corrected chi connectivity index (χ1v) is 6.79. The molecule has 1 fully saturated rings. The van der Waals surface area contributed by atoms with E-state index in [2.05, 4.69) is 4.98 Å². The number of nitrogens with two attached hydrogens (primary N) is 1. The lowest BCUT2D eigenvalue weighted by Gasteiger charge is -2.22. The molecule has 4 heteroatoms. The molecule has 0 spiro atoms. The van der Waals surface area contributed by atoms with Crippen LogP contribution in [0, 0.1) is 0 Å². The monoisotopic (exact) mass is 267 g/mol. The minimum absolute atomic E-state index is 0.0734. The molecule has 0 unspecified atom stereocenters. The molecule has 1 aliphatic carbocycles. The Labute approximate surface area is 118 Å². The van der Waals surface area contributed by atoms with Gasteiger partial charge in [-0.25, -0.2) is 0 Å². The summed E-state index contributed by atoms with van der Waals surface area (Å²) in [6, 6.07) is 11.4. The Hall–Kier alpha value is -2.36. The Kier molecular flexibility index (Phi) is 3.37. The summed E-state index contributed by atoms with van der Waals surface area (Å²) < 4.78 is 0. The number of carbonyl (C=O) groups is 1. The highest BCUT2D eigenvalue weighted by molar-refractivity contribution is 5.94. The molecule has 0 bridgehead atoms. The van der Waals surface area contributed by atoms with Crippen LogP contribution < -0.4 is 5.73 Å². The number of hydrogen-bond donors (Lipinski definition) is 1. The fourth-order valence-electron chi connectivity index (χ4n) is 2.23. The second-order valence-electron chi connectivity index (χ2n) is 5.14. The van der Waals surface area contributed by atoms with Crippen molar-refractivity contribution in [2.45, 2.75) is 25.4 Å². The van der Waals surface area contributed by atoms with Crippen LogP contribution in [0.25, 0.3) is 0 Å². The van der Waals surface area contributed by atoms with Crippen molar-refractivity contribution < 1.29 is 4.79 Å². The van der Waals surface area contributed by atoms with Gasteiger partial charge in [-0.1, -0.05) is 0 Å². The van der Waals surface area contributed by atoms with Crippen LogP contribution in [0.2, 0.25) is 0 Å². The molecule has 1 heterocycles. The highest BCUT2D eigenvalue weighted by Gasteiger charge is 2.32. The quantitative estimate of drug-likeness (QED) is 0.866. The van der Waals surface area contributed by atoms with Crippen LogP contribution in [0.3, 0.4) is 0 Å². The fraction of sp³-hybridized carbons (Fsp3) is 0.250. The van der Waals surface area contributed by atoms with Gasteiger partial charge in [0.15, 0.2) is 0 Å². The van der Waals surface area contributed by atoms with E-state index >= 15 is 0 Å². The molecule has 102 valence electrons. The summed E-state index contributed by atoms with van der Waals surface area (Å²) in [6.45, 7) is 0.635. The molecule has 0 saturated heterocycles. The number of benzene rings is 1. The summed E-state index contributed by atoms with van der Waals surface area (Å²) in [5, 5.41) is 0. The van der Waals surface area contributed by atoms with Crippen molar-refractivity contribution in [2.24, 2.45) is 0 Å². The maximum absolute atomic E-state index is 12.6. The van der Waals surface area contributed by atoms with E-state index in [-0.39, 0.29) is 5.91 Å². The highest BCUT2D eigenvalue weighted by Crippen LogP contribution is 2.29. The minimum atomic E-state index is 0.0734. The molecule has 2 N–H and O–H groups in total. The van der Waals surface area contributed by atoms with Crippen molar-refractivity contribution in [3.05, 3.63) is 59.9 Å². The van der Waals surface area contributed by atoms with Crippen LogP contribution in [0.15, 0.2) is 48.8 Å². The van der Waals surface area contributed by atoms with E-state index < -0.39 is 0 Å². The summed E-state index contributed by atoms with van der Waals surface area (Å²) in [5.41, 5.74) is 8.14. The van der Waals surface area contributed by atoms with Crippen molar-refractivity contribution in [3.8, 4) is 0 Å². The zero-order chi connectivity index (χ0) is 13.9. The van der Waals surface area contributed by atoms with Crippen molar-refractivity contribution >= 4 is 11.6 Å². The van der Waals surface area contributed by atoms with Gasteiger partial charge in [-0.3, -0.25) is 9.78 Å². The topological polar surface area (TPSA) is 59.2 Å². The number of nitrogens with zero attached hydrogens (tertiary/aromatic N) is 2. The summed E-state index contributed by atoms with van der Waals surface area (Å²) >= 11 is 0. The minimum Gasteiger partial charge on any atom is -0.399 e. The Morgan fingerprint density at radius 3 is 2.40 bits per heavy atom. The van der Waals surface area contributed by atoms with Gasteiger partial charge in [0.2, 0.25) is 0 Å². The average molecular weight is 267 g/mol. The van der Waals surface area contributed by atoms with E-state index in [9.17, 15) is 4.79 Å². The number of anilines is 1. The Balaban J connectivity index is 1.80. The molecule has 0 atom stereocenters. The van der Waals surface area contributed by atoms with E-state index in [4.69, 9.17) is 5.73 Å². The van der Waals surface area contributed by atoms with Crippen molar-refractivity contribution in [2.75, 3.05) is 5.73 Å². The predicted octanol–water partition coefficient (Wildman–Crippen LogP) is 2.47.